The van der Waals surface area contributed by atoms with Gasteiger partial charge in [-0.1, -0.05) is 36.4 Å². The van der Waals surface area contributed by atoms with Gasteiger partial charge in [-0.3, -0.25) is 9.78 Å². The summed E-state index contributed by atoms with van der Waals surface area (Å²) in [6.45, 7) is 1.91. The smallest absolute Gasteiger partial charge is 0.258 e. The van der Waals surface area contributed by atoms with Crippen molar-refractivity contribution in [3.05, 3.63) is 72.6 Å². The molecule has 0 bridgehead atoms. The number of amides is 1. The third-order valence-corrected chi connectivity index (χ3v) is 3.65. The zero-order chi connectivity index (χ0) is 16.1. The van der Waals surface area contributed by atoms with Crippen LogP contribution in [0, 0.1) is 0 Å². The molecule has 1 heterocycles. The van der Waals surface area contributed by atoms with E-state index in [2.05, 4.69) is 10.3 Å². The van der Waals surface area contributed by atoms with E-state index in [0.717, 1.165) is 16.3 Å². The molecule has 0 aliphatic heterocycles. The number of pyridine rings is 1. The quantitative estimate of drug-likeness (QED) is 0.785. The fourth-order valence-corrected chi connectivity index (χ4v) is 2.40. The van der Waals surface area contributed by atoms with Gasteiger partial charge in [0.15, 0.2) is 6.61 Å². The Kier molecular flexibility index (Phi) is 4.52. The monoisotopic (exact) mass is 306 g/mol. The number of ether oxygens (including phenoxy) is 1. The van der Waals surface area contributed by atoms with E-state index in [1.54, 1.807) is 12.4 Å². The fourth-order valence-electron chi connectivity index (χ4n) is 2.40. The van der Waals surface area contributed by atoms with E-state index in [9.17, 15) is 4.79 Å². The summed E-state index contributed by atoms with van der Waals surface area (Å²) in [5.74, 6) is 0.530. The Bertz CT molecular complexity index is 803. The van der Waals surface area contributed by atoms with Crippen LogP contribution >= 0.6 is 0 Å². The van der Waals surface area contributed by atoms with E-state index in [0.29, 0.717) is 5.75 Å². The Hall–Kier alpha value is -2.88. The highest BCUT2D eigenvalue weighted by Gasteiger charge is 2.10. The average Bonchev–Trinajstić information content (AvgIpc) is 2.60. The minimum Gasteiger partial charge on any atom is -0.484 e. The van der Waals surface area contributed by atoms with Gasteiger partial charge in [0.2, 0.25) is 0 Å². The molecule has 3 aromatic rings. The molecule has 2 aromatic carbocycles. The average molecular weight is 306 g/mol. The van der Waals surface area contributed by atoms with Crippen molar-refractivity contribution >= 4 is 16.7 Å². The van der Waals surface area contributed by atoms with Gasteiger partial charge in [0.05, 0.1) is 6.04 Å². The van der Waals surface area contributed by atoms with Crippen LogP contribution in [-0.4, -0.2) is 17.5 Å². The van der Waals surface area contributed by atoms with Gasteiger partial charge in [-0.25, -0.2) is 0 Å². The third kappa shape index (κ3) is 3.86. The van der Waals surface area contributed by atoms with Crippen molar-refractivity contribution in [1.82, 2.24) is 10.3 Å². The molecule has 0 radical (unpaired) electrons. The van der Waals surface area contributed by atoms with Crippen molar-refractivity contribution in [3.8, 4) is 5.75 Å². The van der Waals surface area contributed by atoms with Crippen LogP contribution in [0.15, 0.2) is 67.0 Å². The second-order valence-electron chi connectivity index (χ2n) is 5.37. The first-order valence-corrected chi connectivity index (χ1v) is 7.53. The molecule has 3 rings (SSSR count). The summed E-state index contributed by atoms with van der Waals surface area (Å²) in [5, 5.41) is 5.14. The Morgan fingerprint density at radius 1 is 1.13 bits per heavy atom. The number of benzene rings is 2. The fraction of sp³-hybridized carbons (Fsp3) is 0.158. The lowest BCUT2D eigenvalue weighted by Crippen LogP contribution is -2.31. The molecule has 0 saturated heterocycles. The van der Waals surface area contributed by atoms with E-state index in [1.165, 1.54) is 0 Å². The maximum absolute atomic E-state index is 12.0. The third-order valence-electron chi connectivity index (χ3n) is 3.65. The number of rotatable bonds is 5. The van der Waals surface area contributed by atoms with Crippen LogP contribution in [-0.2, 0) is 4.79 Å². The molecule has 23 heavy (non-hydrogen) atoms. The van der Waals surface area contributed by atoms with Crippen LogP contribution in [0.1, 0.15) is 18.5 Å². The van der Waals surface area contributed by atoms with Gasteiger partial charge in [0, 0.05) is 12.4 Å². The van der Waals surface area contributed by atoms with Gasteiger partial charge < -0.3 is 10.1 Å². The minimum absolute atomic E-state index is 0.0110. The van der Waals surface area contributed by atoms with E-state index < -0.39 is 0 Å². The Balaban J connectivity index is 1.57. The van der Waals surface area contributed by atoms with Gasteiger partial charge in [-0.2, -0.15) is 0 Å². The highest BCUT2D eigenvalue weighted by molar-refractivity contribution is 5.84. The lowest BCUT2D eigenvalue weighted by molar-refractivity contribution is -0.123. The van der Waals surface area contributed by atoms with Crippen molar-refractivity contribution < 1.29 is 9.53 Å². The Morgan fingerprint density at radius 2 is 1.96 bits per heavy atom. The second kappa shape index (κ2) is 6.92. The van der Waals surface area contributed by atoms with Crippen LogP contribution in [0.4, 0.5) is 0 Å². The molecule has 0 spiro atoms. The SMILES string of the molecule is CC(NC(=O)COc1ccc2ccccc2c1)c1cccnc1. The van der Waals surface area contributed by atoms with Crippen molar-refractivity contribution in [2.45, 2.75) is 13.0 Å². The summed E-state index contributed by atoms with van der Waals surface area (Å²) < 4.78 is 5.58. The van der Waals surface area contributed by atoms with Gasteiger partial charge in [0.25, 0.3) is 5.91 Å². The van der Waals surface area contributed by atoms with E-state index in [1.807, 2.05) is 61.5 Å². The molecule has 1 amide bonds. The number of hydrogen-bond donors (Lipinski definition) is 1. The summed E-state index contributed by atoms with van der Waals surface area (Å²) >= 11 is 0. The van der Waals surface area contributed by atoms with Gasteiger partial charge >= 0.3 is 0 Å². The number of fused-ring (bicyclic) bond motifs is 1. The minimum atomic E-state index is -0.158. The summed E-state index contributed by atoms with van der Waals surface area (Å²) in [6.07, 6.45) is 3.45. The summed E-state index contributed by atoms with van der Waals surface area (Å²) in [7, 11) is 0. The molecule has 116 valence electrons. The maximum atomic E-state index is 12.0. The number of aromatic nitrogens is 1. The number of nitrogens with zero attached hydrogens (tertiary/aromatic N) is 1. The zero-order valence-corrected chi connectivity index (χ0v) is 12.9. The lowest BCUT2D eigenvalue weighted by Gasteiger charge is -2.14. The number of carbonyl (C=O) groups excluding carboxylic acids is 1. The first-order chi connectivity index (χ1) is 11.2. The zero-order valence-electron chi connectivity index (χ0n) is 12.9. The van der Waals surface area contributed by atoms with Crippen molar-refractivity contribution in [1.29, 1.82) is 0 Å². The largest absolute Gasteiger partial charge is 0.484 e. The van der Waals surface area contributed by atoms with E-state index in [-0.39, 0.29) is 18.6 Å². The van der Waals surface area contributed by atoms with Crippen molar-refractivity contribution in [3.63, 3.8) is 0 Å². The molecule has 0 fully saturated rings. The number of nitrogens with one attached hydrogen (secondary N) is 1. The van der Waals surface area contributed by atoms with Gasteiger partial charge in [-0.15, -0.1) is 0 Å². The normalized spacial score (nSPS) is 11.9. The topological polar surface area (TPSA) is 51.2 Å². The molecule has 0 saturated carbocycles. The summed E-state index contributed by atoms with van der Waals surface area (Å²) in [6, 6.07) is 17.5. The molecule has 0 aliphatic carbocycles. The molecular weight excluding hydrogens is 288 g/mol. The molecule has 1 aromatic heterocycles. The van der Waals surface area contributed by atoms with Crippen molar-refractivity contribution in [2.75, 3.05) is 6.61 Å². The van der Waals surface area contributed by atoms with Crippen LogP contribution in [0.25, 0.3) is 10.8 Å². The summed E-state index contributed by atoms with van der Waals surface area (Å²) in [4.78, 5) is 16.1. The molecule has 4 heteroatoms. The first kappa shape index (κ1) is 15.0. The van der Waals surface area contributed by atoms with Crippen LogP contribution in [0.2, 0.25) is 0 Å². The van der Waals surface area contributed by atoms with Gasteiger partial charge in [-0.05, 0) is 41.5 Å². The predicted molar refractivity (Wildman–Crippen MR) is 90.2 cm³/mol. The highest BCUT2D eigenvalue weighted by atomic mass is 16.5. The van der Waals surface area contributed by atoms with E-state index >= 15 is 0 Å². The van der Waals surface area contributed by atoms with Crippen LogP contribution in [0.5, 0.6) is 5.75 Å². The molecule has 0 aliphatic rings. The maximum Gasteiger partial charge on any atom is 0.258 e. The molecule has 1 N–H and O–H groups in total. The first-order valence-electron chi connectivity index (χ1n) is 7.53. The molecule has 1 atom stereocenters. The van der Waals surface area contributed by atoms with E-state index in [4.69, 9.17) is 4.74 Å². The molecule has 1 unspecified atom stereocenters. The number of hydrogen-bond acceptors (Lipinski definition) is 3. The predicted octanol–water partition coefficient (Wildman–Crippen LogP) is 3.49. The van der Waals surface area contributed by atoms with Gasteiger partial charge in [0.1, 0.15) is 5.75 Å². The number of carbonyl (C=O) groups is 1. The Labute approximate surface area is 135 Å². The standard InChI is InChI=1S/C19H18N2O2/c1-14(17-7-4-10-20-12-17)21-19(22)13-23-18-9-8-15-5-2-3-6-16(15)11-18/h2-12,14H,13H2,1H3,(H,21,22). The Morgan fingerprint density at radius 3 is 2.74 bits per heavy atom. The highest BCUT2D eigenvalue weighted by Crippen LogP contribution is 2.20. The second-order valence-corrected chi connectivity index (χ2v) is 5.37. The molecule has 4 nitrogen and oxygen atoms in total. The summed E-state index contributed by atoms with van der Waals surface area (Å²) in [5.41, 5.74) is 0.964. The molecular formula is C19H18N2O2. The van der Waals surface area contributed by atoms with Crippen LogP contribution in [0.3, 0.4) is 0 Å². The van der Waals surface area contributed by atoms with Crippen LogP contribution < -0.4 is 10.1 Å². The van der Waals surface area contributed by atoms with Crippen molar-refractivity contribution in [2.24, 2.45) is 0 Å². The lowest BCUT2D eigenvalue weighted by atomic mass is 10.1.